The van der Waals surface area contributed by atoms with Gasteiger partial charge in [0.1, 0.15) is 29.6 Å². The molecular weight excluding hydrogens is 780 g/mol. The SMILES string of the molecule is CC(C)(C)[Si](C)(C)Oc1ccc(-c2sc3cc(S(=O)(=O)C(F)(F)F)cc(O)c3c2Cc2ccc(OCCN3CCCCC3)cc2)c(O[Si](C)(C)C(C)(C)C)c1. The summed E-state index contributed by atoms with van der Waals surface area (Å²) >= 11 is 1.13. The number of ether oxygens (including phenoxy) is 1. The zero-order chi connectivity index (χ0) is 40.8. The van der Waals surface area contributed by atoms with E-state index in [4.69, 9.17) is 13.6 Å². The Hall–Kier alpha value is -3.05. The number of rotatable bonds is 12. The number of nitrogens with zero attached hydrogens (tertiary/aromatic N) is 1. The van der Waals surface area contributed by atoms with Gasteiger partial charge < -0.3 is 18.7 Å². The highest BCUT2D eigenvalue weighted by Gasteiger charge is 2.47. The molecule has 0 spiro atoms. The van der Waals surface area contributed by atoms with Crippen LogP contribution in [0.4, 0.5) is 13.2 Å². The van der Waals surface area contributed by atoms with Crippen LogP contribution >= 0.6 is 11.3 Å². The number of benzene rings is 3. The first-order chi connectivity index (χ1) is 25.3. The topological polar surface area (TPSA) is 85.3 Å². The number of halogens is 3. The van der Waals surface area contributed by atoms with Gasteiger partial charge in [-0.05, 0) is 116 Å². The Bertz CT molecular complexity index is 2100. The largest absolute Gasteiger partial charge is 0.543 e. The van der Waals surface area contributed by atoms with Crippen molar-refractivity contribution in [1.29, 1.82) is 0 Å². The highest BCUT2D eigenvalue weighted by molar-refractivity contribution is 7.92. The van der Waals surface area contributed by atoms with Crippen molar-refractivity contribution in [3.63, 3.8) is 0 Å². The minimum absolute atomic E-state index is 0.0648. The molecule has 1 saturated heterocycles. The lowest BCUT2D eigenvalue weighted by Crippen LogP contribution is -2.44. The quantitative estimate of drug-likeness (QED) is 0.142. The number of phenols is 1. The van der Waals surface area contributed by atoms with Gasteiger partial charge in [0.2, 0.25) is 8.32 Å². The van der Waals surface area contributed by atoms with E-state index in [9.17, 15) is 26.7 Å². The fraction of sp³-hybridized carbons (Fsp3) is 0.512. The van der Waals surface area contributed by atoms with Crippen LogP contribution in [0.1, 0.15) is 71.9 Å². The first-order valence-corrected chi connectivity index (χ1v) is 27.0. The second-order valence-electron chi connectivity index (χ2n) is 17.6. The van der Waals surface area contributed by atoms with Crippen molar-refractivity contribution < 1.29 is 40.3 Å². The molecule has 0 radical (unpaired) electrons. The maximum Gasteiger partial charge on any atom is 0.501 e. The average molecular weight is 836 g/mol. The molecule has 1 aliphatic rings. The zero-order valence-corrected chi connectivity index (χ0v) is 37.4. The molecule has 1 fully saturated rings. The standard InChI is InChI=1S/C41H56F3NO6S2Si2/c1-39(2,3)54(7,8)50-30-18-19-32(35(25-30)51-55(9,10)40(4,5)6)38-33(37-34(46)26-31(27-36(37)52-38)53(47,48)41(42,43)44)24-28-14-16-29(17-15-28)49-23-22-45-20-12-11-13-21-45/h14-19,25-27,46H,11-13,20-24H2,1-10H3. The monoisotopic (exact) mass is 835 g/mol. The summed E-state index contributed by atoms with van der Waals surface area (Å²) in [7, 11) is -10.4. The number of piperidine rings is 1. The molecule has 0 aliphatic carbocycles. The summed E-state index contributed by atoms with van der Waals surface area (Å²) in [5.41, 5.74) is -3.33. The summed E-state index contributed by atoms with van der Waals surface area (Å²) in [6, 6.07) is 15.1. The molecule has 5 rings (SSSR count). The maximum atomic E-state index is 13.7. The molecule has 1 aromatic heterocycles. The number of thiophene rings is 1. The third-order valence-corrected chi connectivity index (χ3v) is 22.8. The van der Waals surface area contributed by atoms with E-state index in [1.54, 1.807) is 0 Å². The number of hydrogen-bond acceptors (Lipinski definition) is 8. The lowest BCUT2D eigenvalue weighted by molar-refractivity contribution is -0.0436. The van der Waals surface area contributed by atoms with Gasteiger partial charge in [0.25, 0.3) is 18.2 Å². The van der Waals surface area contributed by atoms with Crippen LogP contribution in [0.15, 0.2) is 59.5 Å². The van der Waals surface area contributed by atoms with Gasteiger partial charge in [0.05, 0.1) is 4.90 Å². The first kappa shape index (κ1) is 43.1. The minimum atomic E-state index is -5.72. The Morgan fingerprint density at radius 3 is 1.96 bits per heavy atom. The molecule has 0 atom stereocenters. The van der Waals surface area contributed by atoms with Gasteiger partial charge in [-0.1, -0.05) is 60.1 Å². The fourth-order valence-corrected chi connectivity index (χ4v) is 10.3. The van der Waals surface area contributed by atoms with Crippen molar-refractivity contribution in [2.45, 2.75) is 114 Å². The van der Waals surface area contributed by atoms with E-state index in [0.29, 0.717) is 52.0 Å². The molecule has 3 aromatic carbocycles. The van der Waals surface area contributed by atoms with E-state index in [0.717, 1.165) is 48.4 Å². The molecular formula is C41H56F3NO6S2Si2. The molecule has 302 valence electrons. The second-order valence-corrected chi connectivity index (χ2v) is 30.1. The molecule has 4 aromatic rings. The Balaban J connectivity index is 1.63. The van der Waals surface area contributed by atoms with Crippen LogP contribution in [-0.2, 0) is 16.3 Å². The number of phenolic OH excluding ortho intramolecular Hbond substituents is 1. The lowest BCUT2D eigenvalue weighted by atomic mass is 9.98. The second kappa shape index (κ2) is 15.7. The lowest BCUT2D eigenvalue weighted by Gasteiger charge is -2.38. The van der Waals surface area contributed by atoms with Crippen molar-refractivity contribution in [3.8, 4) is 33.4 Å². The van der Waals surface area contributed by atoms with E-state index in [2.05, 4.69) is 72.6 Å². The van der Waals surface area contributed by atoms with Crippen LogP contribution in [-0.4, -0.2) is 66.8 Å². The maximum absolute atomic E-state index is 13.7. The summed E-state index contributed by atoms with van der Waals surface area (Å²) in [6.45, 7) is 25.1. The van der Waals surface area contributed by atoms with Crippen LogP contribution in [0.2, 0.25) is 36.3 Å². The number of alkyl halides is 3. The van der Waals surface area contributed by atoms with Crippen molar-refractivity contribution in [3.05, 3.63) is 65.7 Å². The molecule has 0 amide bonds. The Kier molecular flexibility index (Phi) is 12.3. The molecule has 0 saturated carbocycles. The first-order valence-electron chi connectivity index (χ1n) is 18.9. The van der Waals surface area contributed by atoms with Crippen LogP contribution < -0.4 is 13.6 Å². The normalized spacial score (nSPS) is 15.4. The van der Waals surface area contributed by atoms with Gasteiger partial charge in [-0.15, -0.1) is 11.3 Å². The molecule has 2 heterocycles. The van der Waals surface area contributed by atoms with Crippen LogP contribution in [0.25, 0.3) is 20.5 Å². The summed E-state index contributed by atoms with van der Waals surface area (Å²) in [5, 5.41) is 11.4. The van der Waals surface area contributed by atoms with Crippen LogP contribution in [0.3, 0.4) is 0 Å². The summed E-state index contributed by atoms with van der Waals surface area (Å²) < 4.78 is 86.3. The molecule has 0 bridgehead atoms. The van der Waals surface area contributed by atoms with Crippen molar-refractivity contribution >= 4 is 47.9 Å². The summed E-state index contributed by atoms with van der Waals surface area (Å²) in [6.07, 6.45) is 3.99. The van der Waals surface area contributed by atoms with Gasteiger partial charge in [0.15, 0.2) is 0 Å². The van der Waals surface area contributed by atoms with Crippen molar-refractivity contribution in [2.24, 2.45) is 0 Å². The molecule has 55 heavy (non-hydrogen) atoms. The minimum Gasteiger partial charge on any atom is -0.543 e. The highest BCUT2D eigenvalue weighted by Crippen LogP contribution is 2.50. The van der Waals surface area contributed by atoms with Gasteiger partial charge in [-0.3, -0.25) is 4.90 Å². The summed E-state index contributed by atoms with van der Waals surface area (Å²) in [4.78, 5) is 2.06. The van der Waals surface area contributed by atoms with E-state index < -0.39 is 42.6 Å². The van der Waals surface area contributed by atoms with E-state index in [1.807, 2.05) is 42.5 Å². The molecule has 14 heteroatoms. The van der Waals surface area contributed by atoms with Crippen molar-refractivity contribution in [2.75, 3.05) is 26.2 Å². The molecule has 7 nitrogen and oxygen atoms in total. The molecule has 1 aliphatic heterocycles. The van der Waals surface area contributed by atoms with Gasteiger partial charge in [-0.25, -0.2) is 8.42 Å². The number of likely N-dealkylation sites (tertiary alicyclic amines) is 1. The molecule has 0 unspecified atom stereocenters. The number of fused-ring (bicyclic) bond motifs is 1. The Labute approximate surface area is 331 Å². The smallest absolute Gasteiger partial charge is 0.501 e. The highest BCUT2D eigenvalue weighted by atomic mass is 32.2. The fourth-order valence-electron chi connectivity index (χ4n) is 6.02. The zero-order valence-electron chi connectivity index (χ0n) is 33.7. The van der Waals surface area contributed by atoms with E-state index in [1.165, 1.54) is 19.3 Å². The average Bonchev–Trinajstić information content (AvgIpc) is 3.42. The van der Waals surface area contributed by atoms with Crippen LogP contribution in [0.5, 0.6) is 23.0 Å². The number of hydrogen-bond donors (Lipinski definition) is 1. The Morgan fingerprint density at radius 1 is 0.800 bits per heavy atom. The van der Waals surface area contributed by atoms with E-state index >= 15 is 0 Å². The molecule has 1 N–H and O–H groups in total. The predicted octanol–water partition coefficient (Wildman–Crippen LogP) is 11.8. The third-order valence-electron chi connectivity index (χ3n) is 11.4. The predicted molar refractivity (Wildman–Crippen MR) is 223 cm³/mol. The van der Waals surface area contributed by atoms with Gasteiger partial charge in [0, 0.05) is 33.1 Å². The van der Waals surface area contributed by atoms with E-state index in [-0.39, 0.29) is 14.8 Å². The number of sulfone groups is 1. The third kappa shape index (κ3) is 9.57. The van der Waals surface area contributed by atoms with Gasteiger partial charge in [-0.2, -0.15) is 13.2 Å². The summed E-state index contributed by atoms with van der Waals surface area (Å²) in [5.74, 6) is 1.41. The van der Waals surface area contributed by atoms with Gasteiger partial charge >= 0.3 is 5.51 Å². The number of aromatic hydroxyl groups is 1. The Morgan fingerprint density at radius 2 is 1.38 bits per heavy atom. The van der Waals surface area contributed by atoms with Crippen LogP contribution in [0, 0.1) is 0 Å². The van der Waals surface area contributed by atoms with Crippen molar-refractivity contribution in [1.82, 2.24) is 4.90 Å².